The van der Waals surface area contributed by atoms with Gasteiger partial charge in [-0.3, -0.25) is 14.5 Å². The van der Waals surface area contributed by atoms with Gasteiger partial charge in [-0.05, 0) is 44.5 Å². The van der Waals surface area contributed by atoms with Crippen LogP contribution < -0.4 is 10.2 Å². The molecule has 4 rings (SSSR count). The molecule has 1 N–H and O–H groups in total. The van der Waals surface area contributed by atoms with Crippen molar-refractivity contribution in [2.24, 2.45) is 0 Å². The van der Waals surface area contributed by atoms with Gasteiger partial charge in [0.25, 0.3) is 0 Å². The van der Waals surface area contributed by atoms with Crippen LogP contribution in [0.3, 0.4) is 0 Å². The molecule has 0 atom stereocenters. The molecule has 1 aliphatic rings. The lowest BCUT2D eigenvalue weighted by molar-refractivity contribution is -0.117. The summed E-state index contributed by atoms with van der Waals surface area (Å²) in [5, 5.41) is 5.42. The number of hydrogen-bond donors (Lipinski definition) is 1. The highest BCUT2D eigenvalue weighted by Gasteiger charge is 2.24. The van der Waals surface area contributed by atoms with Gasteiger partial charge in [-0.25, -0.2) is 9.97 Å². The Morgan fingerprint density at radius 2 is 2.04 bits per heavy atom. The number of nitrogens with one attached hydrogen (secondary N) is 1. The van der Waals surface area contributed by atoms with Crippen LogP contribution in [0.15, 0.2) is 36.0 Å². The Kier molecular flexibility index (Phi) is 4.95. The molecule has 0 aliphatic carbocycles. The van der Waals surface area contributed by atoms with Crippen LogP contribution in [0.2, 0.25) is 0 Å². The number of thiazole rings is 1. The second kappa shape index (κ2) is 7.55. The molecule has 1 aromatic carbocycles. The van der Waals surface area contributed by atoms with Gasteiger partial charge in [0, 0.05) is 35.4 Å². The zero-order chi connectivity index (χ0) is 19.7. The molecule has 0 saturated carbocycles. The standard InChI is InChI=1S/C20H21N5O2S/c1-13-14(2)25(12-21-13)17-7-5-15(6-8-17)22-18(26)10-16-11-28-20(23-16)24-9-3-4-19(24)27/h5-8,11-12H,3-4,9-10H2,1-2H3,(H,22,26). The van der Waals surface area contributed by atoms with Crippen LogP contribution in [-0.4, -0.2) is 32.9 Å². The van der Waals surface area contributed by atoms with Crippen LogP contribution in [0.1, 0.15) is 29.9 Å². The van der Waals surface area contributed by atoms with Crippen LogP contribution in [0.5, 0.6) is 0 Å². The minimum atomic E-state index is -0.132. The molecule has 2 amide bonds. The minimum absolute atomic E-state index is 0.105. The van der Waals surface area contributed by atoms with E-state index in [1.165, 1.54) is 11.3 Å². The number of amides is 2. The average Bonchev–Trinajstić information content (AvgIpc) is 3.38. The molecule has 0 unspecified atom stereocenters. The second-order valence-electron chi connectivity index (χ2n) is 6.83. The van der Waals surface area contributed by atoms with Crippen LogP contribution >= 0.6 is 11.3 Å². The molecule has 1 aliphatic heterocycles. The van der Waals surface area contributed by atoms with Gasteiger partial charge in [-0.2, -0.15) is 0 Å². The molecule has 1 saturated heterocycles. The van der Waals surface area contributed by atoms with Gasteiger partial charge >= 0.3 is 0 Å². The van der Waals surface area contributed by atoms with Gasteiger partial charge in [-0.15, -0.1) is 11.3 Å². The highest BCUT2D eigenvalue weighted by atomic mass is 32.1. The molecule has 3 heterocycles. The molecule has 3 aromatic rings. The molecule has 0 spiro atoms. The van der Waals surface area contributed by atoms with Crippen LogP contribution in [-0.2, 0) is 16.0 Å². The Morgan fingerprint density at radius 3 is 2.68 bits per heavy atom. The lowest BCUT2D eigenvalue weighted by atomic mass is 10.2. The summed E-state index contributed by atoms with van der Waals surface area (Å²) < 4.78 is 2.01. The Morgan fingerprint density at radius 1 is 1.25 bits per heavy atom. The van der Waals surface area contributed by atoms with Crippen molar-refractivity contribution >= 4 is 34.0 Å². The maximum atomic E-state index is 12.3. The number of aryl methyl sites for hydroxylation is 1. The van der Waals surface area contributed by atoms with Crippen molar-refractivity contribution in [2.45, 2.75) is 33.1 Å². The van der Waals surface area contributed by atoms with Crippen LogP contribution in [0.4, 0.5) is 10.8 Å². The molecule has 2 aromatic heterocycles. The molecule has 0 radical (unpaired) electrons. The number of carbonyl (C=O) groups is 2. The zero-order valence-electron chi connectivity index (χ0n) is 15.8. The first-order valence-electron chi connectivity index (χ1n) is 9.17. The van der Waals surface area contributed by atoms with Gasteiger partial charge in [0.15, 0.2) is 5.13 Å². The van der Waals surface area contributed by atoms with E-state index in [0.717, 1.165) is 29.2 Å². The zero-order valence-corrected chi connectivity index (χ0v) is 16.6. The van der Waals surface area contributed by atoms with E-state index < -0.39 is 0 Å². The van der Waals surface area contributed by atoms with Crippen molar-refractivity contribution in [3.8, 4) is 5.69 Å². The lowest BCUT2D eigenvalue weighted by Gasteiger charge is -2.10. The molecule has 7 nitrogen and oxygen atoms in total. The Labute approximate surface area is 167 Å². The smallest absolute Gasteiger partial charge is 0.230 e. The summed E-state index contributed by atoms with van der Waals surface area (Å²) in [7, 11) is 0. The molecule has 0 bridgehead atoms. The maximum Gasteiger partial charge on any atom is 0.230 e. The summed E-state index contributed by atoms with van der Waals surface area (Å²) in [6, 6.07) is 7.64. The molecule has 28 heavy (non-hydrogen) atoms. The van der Waals surface area contributed by atoms with Gasteiger partial charge < -0.3 is 9.88 Å². The average molecular weight is 395 g/mol. The summed E-state index contributed by atoms with van der Waals surface area (Å²) in [4.78, 5) is 34.6. The number of carbonyl (C=O) groups excluding carboxylic acids is 2. The third-order valence-electron chi connectivity index (χ3n) is 4.87. The highest BCUT2D eigenvalue weighted by molar-refractivity contribution is 7.14. The normalized spacial score (nSPS) is 13.9. The summed E-state index contributed by atoms with van der Waals surface area (Å²) in [5.41, 5.74) is 4.49. The van der Waals surface area contributed by atoms with Crippen molar-refractivity contribution in [3.63, 3.8) is 0 Å². The van der Waals surface area contributed by atoms with Crippen molar-refractivity contribution in [1.82, 2.24) is 14.5 Å². The van der Waals surface area contributed by atoms with Crippen LogP contribution in [0, 0.1) is 13.8 Å². The Balaban J connectivity index is 1.38. The van der Waals surface area contributed by atoms with Crippen molar-refractivity contribution in [3.05, 3.63) is 53.1 Å². The fraction of sp³-hybridized carbons (Fsp3) is 0.300. The first-order valence-corrected chi connectivity index (χ1v) is 10.0. The molecule has 144 valence electrons. The van der Waals surface area contributed by atoms with Crippen LogP contribution in [0.25, 0.3) is 5.69 Å². The number of anilines is 2. The number of nitrogens with zero attached hydrogens (tertiary/aromatic N) is 4. The molecule has 8 heteroatoms. The Bertz CT molecular complexity index is 1020. The largest absolute Gasteiger partial charge is 0.326 e. The number of benzene rings is 1. The van der Waals surface area contributed by atoms with E-state index in [-0.39, 0.29) is 18.2 Å². The molecular formula is C20H21N5O2S. The van der Waals surface area contributed by atoms with E-state index in [0.29, 0.717) is 23.8 Å². The fourth-order valence-electron chi connectivity index (χ4n) is 3.19. The van der Waals surface area contributed by atoms with E-state index in [1.807, 2.05) is 48.1 Å². The highest BCUT2D eigenvalue weighted by Crippen LogP contribution is 2.25. The number of aromatic nitrogens is 3. The van der Waals surface area contributed by atoms with Gasteiger partial charge in [0.05, 0.1) is 24.1 Å². The summed E-state index contributed by atoms with van der Waals surface area (Å²) in [6.45, 7) is 4.71. The Hall–Kier alpha value is -3.00. The lowest BCUT2D eigenvalue weighted by Crippen LogP contribution is -2.23. The predicted octanol–water partition coefficient (Wildman–Crippen LogP) is 3.25. The van der Waals surface area contributed by atoms with Gasteiger partial charge in [0.1, 0.15) is 0 Å². The summed E-state index contributed by atoms with van der Waals surface area (Å²) >= 11 is 1.41. The van der Waals surface area contributed by atoms with Gasteiger partial charge in [-0.1, -0.05) is 0 Å². The number of hydrogen-bond acceptors (Lipinski definition) is 5. The third-order valence-corrected chi connectivity index (χ3v) is 5.78. The van der Waals surface area contributed by atoms with E-state index in [9.17, 15) is 9.59 Å². The molecular weight excluding hydrogens is 374 g/mol. The van der Waals surface area contributed by atoms with E-state index >= 15 is 0 Å². The van der Waals surface area contributed by atoms with E-state index in [2.05, 4.69) is 15.3 Å². The fourth-order valence-corrected chi connectivity index (χ4v) is 4.05. The van der Waals surface area contributed by atoms with E-state index in [1.54, 1.807) is 11.2 Å². The van der Waals surface area contributed by atoms with Crippen molar-refractivity contribution in [2.75, 3.05) is 16.8 Å². The van der Waals surface area contributed by atoms with Gasteiger partial charge in [0.2, 0.25) is 11.8 Å². The second-order valence-corrected chi connectivity index (χ2v) is 7.66. The minimum Gasteiger partial charge on any atom is -0.326 e. The quantitative estimate of drug-likeness (QED) is 0.719. The van der Waals surface area contributed by atoms with Crippen molar-refractivity contribution in [1.29, 1.82) is 0 Å². The topological polar surface area (TPSA) is 80.1 Å². The SMILES string of the molecule is Cc1ncn(-c2ccc(NC(=O)Cc3csc(N4CCCC4=O)n3)cc2)c1C. The number of rotatable bonds is 5. The predicted molar refractivity (Wildman–Crippen MR) is 109 cm³/mol. The first-order chi connectivity index (χ1) is 13.5. The van der Waals surface area contributed by atoms with E-state index in [4.69, 9.17) is 0 Å². The number of imidazole rings is 1. The summed E-state index contributed by atoms with van der Waals surface area (Å²) in [5.74, 6) is -0.0271. The third kappa shape index (κ3) is 3.68. The van der Waals surface area contributed by atoms with Crippen molar-refractivity contribution < 1.29 is 9.59 Å². The molecule has 1 fully saturated rings. The monoisotopic (exact) mass is 395 g/mol. The first kappa shape index (κ1) is 18.4. The maximum absolute atomic E-state index is 12.3. The summed E-state index contributed by atoms with van der Waals surface area (Å²) in [6.07, 6.45) is 3.41.